The van der Waals surface area contributed by atoms with E-state index in [0.717, 1.165) is 18.6 Å². The molecule has 152 valence electrons. The van der Waals surface area contributed by atoms with E-state index in [2.05, 4.69) is 22.8 Å². The van der Waals surface area contributed by atoms with Crippen LogP contribution in [0.4, 0.5) is 5.69 Å². The van der Waals surface area contributed by atoms with E-state index in [1.165, 1.54) is 17.3 Å². The van der Waals surface area contributed by atoms with Crippen molar-refractivity contribution < 1.29 is 14.3 Å². The Labute approximate surface area is 175 Å². The lowest BCUT2D eigenvalue weighted by Gasteiger charge is -2.18. The molecule has 0 aliphatic carbocycles. The van der Waals surface area contributed by atoms with Gasteiger partial charge in [0.1, 0.15) is 10.7 Å². The predicted octanol–water partition coefficient (Wildman–Crippen LogP) is 4.37. The fourth-order valence-electron chi connectivity index (χ4n) is 3.03. The topological polar surface area (TPSA) is 67.4 Å². The molecule has 29 heavy (non-hydrogen) atoms. The molecule has 1 heterocycles. The molecule has 2 aromatic rings. The third-order valence-corrected chi connectivity index (χ3v) is 5.80. The van der Waals surface area contributed by atoms with Crippen molar-refractivity contribution in [3.63, 3.8) is 0 Å². The number of nitrogens with one attached hydrogen (secondary N) is 2. The van der Waals surface area contributed by atoms with Crippen molar-refractivity contribution in [3.05, 3.63) is 76.4 Å². The highest BCUT2D eigenvalue weighted by molar-refractivity contribution is 8.04. The van der Waals surface area contributed by atoms with Crippen LogP contribution in [0.5, 0.6) is 0 Å². The van der Waals surface area contributed by atoms with E-state index >= 15 is 0 Å². The molecule has 2 aromatic carbocycles. The van der Waals surface area contributed by atoms with Gasteiger partial charge in [0.05, 0.1) is 6.61 Å². The van der Waals surface area contributed by atoms with E-state index < -0.39 is 0 Å². The lowest BCUT2D eigenvalue weighted by molar-refractivity contribution is -0.112. The van der Waals surface area contributed by atoms with Gasteiger partial charge in [-0.2, -0.15) is 0 Å². The second-order valence-electron chi connectivity index (χ2n) is 7.01. The monoisotopic (exact) mass is 410 g/mol. The molecule has 5 nitrogen and oxygen atoms in total. The van der Waals surface area contributed by atoms with E-state index in [9.17, 15) is 9.59 Å². The minimum absolute atomic E-state index is 0.0697. The van der Waals surface area contributed by atoms with Crippen molar-refractivity contribution >= 4 is 29.3 Å². The van der Waals surface area contributed by atoms with Crippen molar-refractivity contribution in [2.45, 2.75) is 32.7 Å². The van der Waals surface area contributed by atoms with Crippen LogP contribution < -0.4 is 10.6 Å². The largest absolute Gasteiger partial charge is 0.496 e. The Bertz CT molecular complexity index is 879. The molecule has 0 bridgehead atoms. The smallest absolute Gasteiger partial charge is 0.265 e. The number of aryl methyl sites for hydroxylation is 1. The van der Waals surface area contributed by atoms with Crippen molar-refractivity contribution in [2.24, 2.45) is 0 Å². The number of hydrogen-bond donors (Lipinski definition) is 2. The molecule has 0 saturated heterocycles. The standard InChI is InChI=1S/C23H26N2O3S/c1-16(8-9-18-6-4-3-5-7-18)24-22(26)19-10-12-20(13-11-19)25-23(27)21-17(2)28-14-15-29-21/h3-7,10-13,16H,8-9,14-15H2,1-2H3,(H,24,26)(H,25,27)/t16-/m0/s1. The number of rotatable bonds is 7. The average molecular weight is 411 g/mol. The Morgan fingerprint density at radius 1 is 1.07 bits per heavy atom. The summed E-state index contributed by atoms with van der Waals surface area (Å²) in [6.45, 7) is 4.43. The summed E-state index contributed by atoms with van der Waals surface area (Å²) >= 11 is 1.49. The van der Waals surface area contributed by atoms with E-state index in [1.807, 2.05) is 25.1 Å². The first kappa shape index (κ1) is 21.0. The molecule has 0 spiro atoms. The SMILES string of the molecule is CC1=C(C(=O)Nc2ccc(C(=O)N[C@@H](C)CCc3ccccc3)cc2)SCCO1. The second-order valence-corrected chi connectivity index (χ2v) is 8.12. The first-order valence-electron chi connectivity index (χ1n) is 9.75. The van der Waals surface area contributed by atoms with Gasteiger partial charge in [0.15, 0.2) is 0 Å². The van der Waals surface area contributed by atoms with Crippen LogP contribution in [0.2, 0.25) is 0 Å². The van der Waals surface area contributed by atoms with Crippen LogP contribution in [0.1, 0.15) is 36.2 Å². The molecule has 1 aliphatic heterocycles. The summed E-state index contributed by atoms with van der Waals surface area (Å²) in [7, 11) is 0. The van der Waals surface area contributed by atoms with Gasteiger partial charge in [-0.05, 0) is 56.5 Å². The number of benzene rings is 2. The zero-order valence-corrected chi connectivity index (χ0v) is 17.6. The molecule has 1 atom stereocenters. The van der Waals surface area contributed by atoms with Gasteiger partial charge in [-0.1, -0.05) is 30.3 Å². The Kier molecular flexibility index (Phi) is 7.36. The highest BCUT2D eigenvalue weighted by Crippen LogP contribution is 2.26. The summed E-state index contributed by atoms with van der Waals surface area (Å²) in [6, 6.07) is 17.2. The number of thioether (sulfide) groups is 1. The van der Waals surface area contributed by atoms with Crippen molar-refractivity contribution in [1.82, 2.24) is 5.32 Å². The lowest BCUT2D eigenvalue weighted by Crippen LogP contribution is -2.32. The summed E-state index contributed by atoms with van der Waals surface area (Å²) in [6.07, 6.45) is 1.79. The van der Waals surface area contributed by atoms with Crippen molar-refractivity contribution in [3.8, 4) is 0 Å². The summed E-state index contributed by atoms with van der Waals surface area (Å²) in [5.41, 5.74) is 2.48. The van der Waals surface area contributed by atoms with Gasteiger partial charge in [-0.25, -0.2) is 0 Å². The zero-order valence-electron chi connectivity index (χ0n) is 16.7. The van der Waals surface area contributed by atoms with E-state index in [4.69, 9.17) is 4.74 Å². The van der Waals surface area contributed by atoms with E-state index in [1.54, 1.807) is 31.2 Å². The molecular weight excluding hydrogens is 384 g/mol. The van der Waals surface area contributed by atoms with Gasteiger partial charge in [0.25, 0.3) is 11.8 Å². The zero-order chi connectivity index (χ0) is 20.6. The van der Waals surface area contributed by atoms with Gasteiger partial charge >= 0.3 is 0 Å². The third kappa shape index (κ3) is 6.12. The maximum absolute atomic E-state index is 12.5. The lowest BCUT2D eigenvalue weighted by atomic mass is 10.1. The van der Waals surface area contributed by atoms with Gasteiger partial charge in [0.2, 0.25) is 0 Å². The molecule has 0 aromatic heterocycles. The average Bonchev–Trinajstić information content (AvgIpc) is 2.74. The van der Waals surface area contributed by atoms with Gasteiger partial charge in [-0.15, -0.1) is 11.8 Å². The number of anilines is 1. The number of allylic oxidation sites excluding steroid dienone is 1. The summed E-state index contributed by atoms with van der Waals surface area (Å²) in [5.74, 6) is 1.12. The number of carbonyl (C=O) groups is 2. The molecule has 1 aliphatic rings. The van der Waals surface area contributed by atoms with E-state index in [0.29, 0.717) is 28.5 Å². The molecule has 0 saturated carbocycles. The predicted molar refractivity (Wildman–Crippen MR) is 118 cm³/mol. The first-order valence-corrected chi connectivity index (χ1v) is 10.7. The Morgan fingerprint density at radius 2 is 1.79 bits per heavy atom. The van der Waals surface area contributed by atoms with E-state index in [-0.39, 0.29) is 17.9 Å². The van der Waals surface area contributed by atoms with Crippen LogP contribution in [0.15, 0.2) is 65.3 Å². The normalized spacial score (nSPS) is 14.7. The molecule has 0 fully saturated rings. The number of hydrogen-bond acceptors (Lipinski definition) is 4. The minimum atomic E-state index is -0.182. The maximum atomic E-state index is 12.5. The second kappa shape index (κ2) is 10.2. The highest BCUT2D eigenvalue weighted by atomic mass is 32.2. The Hall–Kier alpha value is -2.73. The van der Waals surface area contributed by atoms with Crippen LogP contribution in [-0.4, -0.2) is 30.2 Å². The van der Waals surface area contributed by atoms with Crippen LogP contribution in [0.3, 0.4) is 0 Å². The maximum Gasteiger partial charge on any atom is 0.265 e. The van der Waals surface area contributed by atoms with Crippen LogP contribution in [0, 0.1) is 0 Å². The van der Waals surface area contributed by atoms with Crippen molar-refractivity contribution in [2.75, 3.05) is 17.7 Å². The van der Waals surface area contributed by atoms with Gasteiger partial charge in [0, 0.05) is 23.0 Å². The van der Waals surface area contributed by atoms with Gasteiger partial charge in [-0.3, -0.25) is 9.59 Å². The number of carbonyl (C=O) groups excluding carboxylic acids is 2. The minimum Gasteiger partial charge on any atom is -0.496 e. The van der Waals surface area contributed by atoms with Crippen LogP contribution in [0.25, 0.3) is 0 Å². The van der Waals surface area contributed by atoms with Crippen molar-refractivity contribution in [1.29, 1.82) is 0 Å². The fourth-order valence-corrected chi connectivity index (χ4v) is 3.85. The van der Waals surface area contributed by atoms with Crippen LogP contribution >= 0.6 is 11.8 Å². The molecular formula is C23H26N2O3S. The first-order chi connectivity index (χ1) is 14.0. The molecule has 0 unspecified atom stereocenters. The quantitative estimate of drug-likeness (QED) is 0.711. The molecule has 2 amide bonds. The summed E-state index contributed by atoms with van der Waals surface area (Å²) < 4.78 is 5.43. The molecule has 2 N–H and O–H groups in total. The number of amides is 2. The third-order valence-electron chi connectivity index (χ3n) is 4.67. The summed E-state index contributed by atoms with van der Waals surface area (Å²) in [5, 5.41) is 5.89. The summed E-state index contributed by atoms with van der Waals surface area (Å²) in [4.78, 5) is 25.4. The molecule has 0 radical (unpaired) electrons. The highest BCUT2D eigenvalue weighted by Gasteiger charge is 2.19. The van der Waals surface area contributed by atoms with Crippen LogP contribution in [-0.2, 0) is 16.0 Å². The van der Waals surface area contributed by atoms with Gasteiger partial charge < -0.3 is 15.4 Å². The fraction of sp³-hybridized carbons (Fsp3) is 0.304. The Balaban J connectivity index is 1.51. The molecule has 3 rings (SSSR count). The molecule has 6 heteroatoms. The number of ether oxygens (including phenoxy) is 1. The Morgan fingerprint density at radius 3 is 2.48 bits per heavy atom.